The molecule has 33 heavy (non-hydrogen) atoms. The third-order valence-electron chi connectivity index (χ3n) is 6.65. The molecule has 0 aromatic carbocycles. The molecule has 0 spiro atoms. The van der Waals surface area contributed by atoms with Crippen molar-refractivity contribution in [3.8, 4) is 0 Å². The Kier molecular flexibility index (Phi) is 10.3. The SMILES string of the molecule is CC(=O)OC1C=CC(C)C(C(C)=CC=O)OC(=O)CC(O[Si](C)(C)C(C)(C)C)CCC1(C)O. The zero-order valence-electron chi connectivity index (χ0n) is 21.6. The number of cyclic esters (lactones) is 1. The minimum atomic E-state index is -2.21. The van der Waals surface area contributed by atoms with E-state index in [9.17, 15) is 19.5 Å². The highest BCUT2D eigenvalue weighted by Gasteiger charge is 2.41. The predicted octanol–water partition coefficient (Wildman–Crippen LogP) is 4.49. The molecule has 0 amide bonds. The zero-order chi connectivity index (χ0) is 25.6. The van der Waals surface area contributed by atoms with E-state index in [-0.39, 0.29) is 23.8 Å². The number of hydrogen-bond acceptors (Lipinski definition) is 7. The lowest BCUT2D eigenvalue weighted by Crippen LogP contribution is -2.46. The van der Waals surface area contributed by atoms with Crippen LogP contribution in [0.4, 0.5) is 0 Å². The van der Waals surface area contributed by atoms with Crippen molar-refractivity contribution in [2.75, 3.05) is 0 Å². The van der Waals surface area contributed by atoms with E-state index in [4.69, 9.17) is 13.9 Å². The topological polar surface area (TPSA) is 99.1 Å². The van der Waals surface area contributed by atoms with Crippen LogP contribution in [0.15, 0.2) is 23.8 Å². The van der Waals surface area contributed by atoms with Gasteiger partial charge in [0.1, 0.15) is 24.1 Å². The summed E-state index contributed by atoms with van der Waals surface area (Å²) in [6, 6.07) is 0. The standard InChI is InChI=1S/C25H42O7Si/c1-17-10-11-21(30-19(3)27)25(7,29)14-12-20(32-33(8,9)24(4,5)6)16-22(28)31-23(17)18(2)13-15-26/h10-11,13,15,17,20-21,23,29H,12,14,16H2,1-9H3. The van der Waals surface area contributed by atoms with Crippen molar-refractivity contribution < 1.29 is 33.4 Å². The van der Waals surface area contributed by atoms with Crippen molar-refractivity contribution in [2.45, 2.75) is 110 Å². The second-order valence-corrected chi connectivity index (χ2v) is 15.6. The molecule has 1 aliphatic rings. The summed E-state index contributed by atoms with van der Waals surface area (Å²) in [6.45, 7) is 17.1. The highest BCUT2D eigenvalue weighted by Crippen LogP contribution is 2.39. The molecule has 1 aliphatic heterocycles. The van der Waals surface area contributed by atoms with Crippen LogP contribution in [0.3, 0.4) is 0 Å². The van der Waals surface area contributed by atoms with E-state index in [1.807, 2.05) is 6.92 Å². The molecule has 0 aromatic rings. The molecule has 8 heteroatoms. The smallest absolute Gasteiger partial charge is 0.308 e. The molecule has 0 bridgehead atoms. The summed E-state index contributed by atoms with van der Waals surface area (Å²) in [5.41, 5.74) is -0.756. The third kappa shape index (κ3) is 8.83. The number of ether oxygens (including phenoxy) is 2. The number of allylic oxidation sites excluding steroid dienone is 1. The summed E-state index contributed by atoms with van der Waals surface area (Å²) < 4.78 is 17.8. The number of aldehydes is 1. The number of rotatable bonds is 5. The zero-order valence-corrected chi connectivity index (χ0v) is 22.6. The monoisotopic (exact) mass is 482 g/mol. The second-order valence-electron chi connectivity index (χ2n) is 10.8. The highest BCUT2D eigenvalue weighted by atomic mass is 28.4. The summed E-state index contributed by atoms with van der Waals surface area (Å²) in [4.78, 5) is 35.7. The molecule has 0 saturated heterocycles. The van der Waals surface area contributed by atoms with E-state index in [0.29, 0.717) is 18.3 Å². The van der Waals surface area contributed by atoms with Crippen LogP contribution < -0.4 is 0 Å². The first kappa shape index (κ1) is 29.3. The van der Waals surface area contributed by atoms with Crippen LogP contribution in [-0.2, 0) is 28.3 Å². The molecule has 5 atom stereocenters. The van der Waals surface area contributed by atoms with Crippen LogP contribution in [0.5, 0.6) is 0 Å². The number of carbonyl (C=O) groups excluding carboxylic acids is 3. The largest absolute Gasteiger partial charge is 0.457 e. The first-order chi connectivity index (χ1) is 15.0. The average molecular weight is 483 g/mol. The number of hydrogen-bond donors (Lipinski definition) is 1. The maximum Gasteiger partial charge on any atom is 0.308 e. The maximum absolute atomic E-state index is 12.9. The van der Waals surface area contributed by atoms with Gasteiger partial charge in [0.15, 0.2) is 8.32 Å². The van der Waals surface area contributed by atoms with Crippen molar-refractivity contribution in [3.63, 3.8) is 0 Å². The lowest BCUT2D eigenvalue weighted by molar-refractivity contribution is -0.157. The summed E-state index contributed by atoms with van der Waals surface area (Å²) in [7, 11) is -2.21. The van der Waals surface area contributed by atoms with E-state index in [2.05, 4.69) is 33.9 Å². The summed E-state index contributed by atoms with van der Waals surface area (Å²) in [6.07, 6.45) is 4.09. The van der Waals surface area contributed by atoms with Crippen molar-refractivity contribution in [3.05, 3.63) is 23.8 Å². The Labute approximate surface area is 199 Å². The van der Waals surface area contributed by atoms with Gasteiger partial charge in [-0.15, -0.1) is 0 Å². The number of aliphatic hydroxyl groups is 1. The normalized spacial score (nSPS) is 30.6. The molecule has 1 N–H and O–H groups in total. The quantitative estimate of drug-likeness (QED) is 0.203. The van der Waals surface area contributed by atoms with E-state index in [1.165, 1.54) is 13.0 Å². The van der Waals surface area contributed by atoms with Gasteiger partial charge >= 0.3 is 11.9 Å². The number of carbonyl (C=O) groups is 3. The number of esters is 2. The van der Waals surface area contributed by atoms with Crippen LogP contribution in [0.2, 0.25) is 18.1 Å². The molecule has 188 valence electrons. The van der Waals surface area contributed by atoms with E-state index in [1.54, 1.807) is 26.0 Å². The molecule has 0 radical (unpaired) electrons. The fourth-order valence-electron chi connectivity index (χ4n) is 3.51. The van der Waals surface area contributed by atoms with Gasteiger partial charge in [-0.05, 0) is 62.5 Å². The van der Waals surface area contributed by atoms with Crippen molar-refractivity contribution in [1.82, 2.24) is 0 Å². The van der Waals surface area contributed by atoms with E-state index >= 15 is 0 Å². The molecule has 7 nitrogen and oxygen atoms in total. The van der Waals surface area contributed by atoms with Crippen LogP contribution in [-0.4, -0.2) is 55.6 Å². The van der Waals surface area contributed by atoms with Gasteiger partial charge in [0.25, 0.3) is 0 Å². The average Bonchev–Trinajstić information content (AvgIpc) is 2.65. The predicted molar refractivity (Wildman–Crippen MR) is 130 cm³/mol. The molecule has 0 saturated carbocycles. The van der Waals surface area contributed by atoms with Crippen molar-refractivity contribution >= 4 is 26.5 Å². The minimum Gasteiger partial charge on any atom is -0.457 e. The maximum atomic E-state index is 12.9. The fraction of sp³-hybridized carbons (Fsp3) is 0.720. The summed E-state index contributed by atoms with van der Waals surface area (Å²) in [5, 5.41) is 11.1. The highest BCUT2D eigenvalue weighted by molar-refractivity contribution is 6.74. The molecular formula is C25H42O7Si. The molecule has 5 unspecified atom stereocenters. The first-order valence-corrected chi connectivity index (χ1v) is 14.5. The Hall–Kier alpha value is -1.77. The van der Waals surface area contributed by atoms with Crippen molar-refractivity contribution in [1.29, 1.82) is 0 Å². The lowest BCUT2D eigenvalue weighted by atomic mass is 9.89. The van der Waals surface area contributed by atoms with Gasteiger partial charge < -0.3 is 19.0 Å². The second kappa shape index (κ2) is 11.6. The third-order valence-corrected chi connectivity index (χ3v) is 11.2. The Morgan fingerprint density at radius 3 is 2.39 bits per heavy atom. The summed E-state index contributed by atoms with van der Waals surface area (Å²) >= 11 is 0. The van der Waals surface area contributed by atoms with Gasteiger partial charge in [-0.25, -0.2) is 0 Å². The Bertz CT molecular complexity index is 761. The molecule has 1 heterocycles. The van der Waals surface area contributed by atoms with Gasteiger partial charge in [0.05, 0.1) is 12.5 Å². The molecule has 0 aromatic heterocycles. The van der Waals surface area contributed by atoms with Gasteiger partial charge in [-0.1, -0.05) is 33.8 Å². The molecule has 0 fully saturated rings. The minimum absolute atomic E-state index is 0.0299. The molecule has 0 aliphatic carbocycles. The van der Waals surface area contributed by atoms with E-state index in [0.717, 1.165) is 0 Å². The molecular weight excluding hydrogens is 440 g/mol. The van der Waals surface area contributed by atoms with Gasteiger partial charge in [-0.3, -0.25) is 14.4 Å². The van der Waals surface area contributed by atoms with Crippen molar-refractivity contribution in [2.24, 2.45) is 5.92 Å². The fourth-order valence-corrected chi connectivity index (χ4v) is 4.90. The van der Waals surface area contributed by atoms with Gasteiger partial charge in [0, 0.05) is 12.8 Å². The Balaban J connectivity index is 3.41. The Morgan fingerprint density at radius 1 is 1.27 bits per heavy atom. The van der Waals surface area contributed by atoms with Crippen LogP contribution >= 0.6 is 0 Å². The van der Waals surface area contributed by atoms with Crippen LogP contribution in [0, 0.1) is 5.92 Å². The summed E-state index contributed by atoms with van der Waals surface area (Å²) in [5.74, 6) is -1.24. The van der Waals surface area contributed by atoms with Crippen LogP contribution in [0.25, 0.3) is 0 Å². The van der Waals surface area contributed by atoms with Crippen LogP contribution in [0.1, 0.15) is 67.7 Å². The Morgan fingerprint density at radius 2 is 1.88 bits per heavy atom. The van der Waals surface area contributed by atoms with Gasteiger partial charge in [-0.2, -0.15) is 0 Å². The van der Waals surface area contributed by atoms with Gasteiger partial charge in [0.2, 0.25) is 0 Å². The first-order valence-electron chi connectivity index (χ1n) is 11.6. The van der Waals surface area contributed by atoms with E-state index < -0.39 is 44.2 Å². The molecule has 1 rings (SSSR count). The lowest BCUT2D eigenvalue weighted by Gasteiger charge is -2.40.